The van der Waals surface area contributed by atoms with Crippen LogP contribution in [-0.4, -0.2) is 45.8 Å². The second-order valence-corrected chi connectivity index (χ2v) is 14.8. The van der Waals surface area contributed by atoms with Crippen molar-refractivity contribution in [1.82, 2.24) is 15.6 Å². The molecule has 0 aliphatic heterocycles. The minimum Gasteiger partial charge on any atom is -0.445 e. The summed E-state index contributed by atoms with van der Waals surface area (Å²) in [7, 11) is -4.24. The van der Waals surface area contributed by atoms with Crippen molar-refractivity contribution >= 4 is 36.2 Å². The zero-order chi connectivity index (χ0) is 34.4. The fourth-order valence-corrected chi connectivity index (χ4v) is 7.85. The predicted molar refractivity (Wildman–Crippen MR) is 188 cm³/mol. The average molecular weight is 675 g/mol. The van der Waals surface area contributed by atoms with Gasteiger partial charge in [-0.2, -0.15) is 0 Å². The number of aromatic amines is 1. The van der Waals surface area contributed by atoms with Crippen LogP contribution in [0.15, 0.2) is 91.1 Å². The SMILES string of the molecule is CCCCCCCC(CP(=O)(O)C(Cc1ccccc1)NC(=O)OCc1ccccc1)C(=O)N[C@@H](Cc1c[nH]c2ccccc12)C(N)=O. The van der Waals surface area contributed by atoms with E-state index >= 15 is 0 Å². The number of rotatable bonds is 19. The van der Waals surface area contributed by atoms with Crippen LogP contribution in [0.25, 0.3) is 10.9 Å². The molecule has 0 bridgehead atoms. The smallest absolute Gasteiger partial charge is 0.408 e. The molecule has 0 radical (unpaired) electrons. The van der Waals surface area contributed by atoms with Crippen LogP contribution < -0.4 is 16.4 Å². The monoisotopic (exact) mass is 674 g/mol. The van der Waals surface area contributed by atoms with E-state index in [-0.39, 0.29) is 25.6 Å². The number of unbranched alkanes of at least 4 members (excludes halogenated alkanes) is 4. The van der Waals surface area contributed by atoms with E-state index in [4.69, 9.17) is 10.5 Å². The van der Waals surface area contributed by atoms with Crippen LogP contribution in [0.1, 0.15) is 62.1 Å². The van der Waals surface area contributed by atoms with Gasteiger partial charge in [-0.15, -0.1) is 0 Å². The topological polar surface area (TPSA) is 164 Å². The molecule has 0 spiro atoms. The van der Waals surface area contributed by atoms with E-state index in [1.165, 1.54) is 0 Å². The van der Waals surface area contributed by atoms with Gasteiger partial charge in [-0.25, -0.2) is 4.79 Å². The van der Waals surface area contributed by atoms with Crippen molar-refractivity contribution in [3.8, 4) is 0 Å². The van der Waals surface area contributed by atoms with E-state index in [9.17, 15) is 23.8 Å². The predicted octanol–water partition coefficient (Wildman–Crippen LogP) is 6.42. The van der Waals surface area contributed by atoms with Gasteiger partial charge in [-0.3, -0.25) is 14.2 Å². The number of hydrogen-bond donors (Lipinski definition) is 5. The highest BCUT2D eigenvalue weighted by molar-refractivity contribution is 7.58. The van der Waals surface area contributed by atoms with Gasteiger partial charge in [0, 0.05) is 42.0 Å². The highest BCUT2D eigenvalue weighted by Crippen LogP contribution is 2.49. The molecular formula is C37H47N4O6P. The Morgan fingerprint density at radius 2 is 1.50 bits per heavy atom. The Labute approximate surface area is 282 Å². The van der Waals surface area contributed by atoms with Crippen LogP contribution in [0.4, 0.5) is 4.79 Å². The summed E-state index contributed by atoms with van der Waals surface area (Å²) in [5, 5.41) is 6.33. The first-order valence-electron chi connectivity index (χ1n) is 16.6. The summed E-state index contributed by atoms with van der Waals surface area (Å²) < 4.78 is 19.6. The summed E-state index contributed by atoms with van der Waals surface area (Å²) in [5.74, 6) is -3.33. The molecular weight excluding hydrogens is 627 g/mol. The van der Waals surface area contributed by atoms with Gasteiger partial charge in [0.05, 0.1) is 0 Å². The summed E-state index contributed by atoms with van der Waals surface area (Å²) in [6.07, 6.45) is 5.75. The maximum Gasteiger partial charge on any atom is 0.408 e. The number of primary amides is 1. The van der Waals surface area contributed by atoms with Gasteiger partial charge < -0.3 is 31.0 Å². The molecule has 3 aromatic carbocycles. The van der Waals surface area contributed by atoms with Crippen molar-refractivity contribution in [2.75, 3.05) is 6.16 Å². The zero-order valence-electron chi connectivity index (χ0n) is 27.5. The van der Waals surface area contributed by atoms with Crippen molar-refractivity contribution in [3.05, 3.63) is 108 Å². The van der Waals surface area contributed by atoms with Crippen LogP contribution in [0.2, 0.25) is 0 Å². The lowest BCUT2D eigenvalue weighted by molar-refractivity contribution is -0.129. The van der Waals surface area contributed by atoms with Gasteiger partial charge in [0.2, 0.25) is 19.2 Å². The summed E-state index contributed by atoms with van der Waals surface area (Å²) in [4.78, 5) is 54.1. The second-order valence-electron chi connectivity index (χ2n) is 12.3. The fourth-order valence-electron chi connectivity index (χ4n) is 5.81. The quantitative estimate of drug-likeness (QED) is 0.0569. The number of carbonyl (C=O) groups is 3. The number of ether oxygens (including phenoxy) is 1. The third-order valence-corrected chi connectivity index (χ3v) is 10.8. The number of carbonyl (C=O) groups excluding carboxylic acids is 3. The number of hydrogen-bond acceptors (Lipinski definition) is 5. The van der Waals surface area contributed by atoms with Crippen molar-refractivity contribution in [2.24, 2.45) is 11.7 Å². The van der Waals surface area contributed by atoms with Crippen molar-refractivity contribution in [3.63, 3.8) is 0 Å². The molecule has 0 fully saturated rings. The summed E-state index contributed by atoms with van der Waals surface area (Å²) in [6.45, 7) is 2.11. The number of nitrogens with two attached hydrogens (primary N) is 1. The Morgan fingerprint density at radius 3 is 2.19 bits per heavy atom. The number of fused-ring (bicyclic) bond motifs is 1. The van der Waals surface area contributed by atoms with Crippen LogP contribution in [0.5, 0.6) is 0 Å². The fraction of sp³-hybridized carbons (Fsp3) is 0.378. The molecule has 10 nitrogen and oxygen atoms in total. The molecule has 1 aromatic heterocycles. The molecule has 4 atom stereocenters. The number of aromatic nitrogens is 1. The average Bonchev–Trinajstić information content (AvgIpc) is 3.49. The van der Waals surface area contributed by atoms with E-state index in [0.717, 1.165) is 53.3 Å². The standard InChI is InChI=1S/C37H47N4O6P/c1-2-3-4-5-12-19-29(36(43)40-33(35(38)42)23-30-24-39-32-21-14-13-20-31(30)32)26-48(45,46)34(22-27-15-8-6-9-16-27)41-37(44)47-25-28-17-10-7-11-18-28/h6-11,13-18,20-21,24,29,33-34,39H,2-5,12,19,22-23,25-26H2,1H3,(H2,38,42)(H,40,43)(H,41,44)(H,45,46)/t29?,33-,34?/m0/s1. The zero-order valence-corrected chi connectivity index (χ0v) is 28.4. The molecule has 4 rings (SSSR count). The van der Waals surface area contributed by atoms with Crippen LogP contribution in [-0.2, 0) is 38.3 Å². The minimum atomic E-state index is -4.24. The molecule has 4 aromatic rings. The van der Waals surface area contributed by atoms with E-state index in [2.05, 4.69) is 22.5 Å². The minimum absolute atomic E-state index is 0.00577. The molecule has 6 N–H and O–H groups in total. The van der Waals surface area contributed by atoms with Gasteiger partial charge in [0.15, 0.2) is 0 Å². The Morgan fingerprint density at radius 1 is 0.854 bits per heavy atom. The van der Waals surface area contributed by atoms with E-state index in [1.807, 2.05) is 84.9 Å². The van der Waals surface area contributed by atoms with Gasteiger partial charge in [-0.1, -0.05) is 118 Å². The Hall–Kier alpha value is -4.40. The molecule has 3 amide bonds. The molecule has 0 aliphatic carbocycles. The van der Waals surface area contributed by atoms with Crippen molar-refractivity contribution in [1.29, 1.82) is 0 Å². The number of amides is 3. The van der Waals surface area contributed by atoms with Gasteiger partial charge in [-0.05, 0) is 29.2 Å². The lowest BCUT2D eigenvalue weighted by Crippen LogP contribution is -2.48. The van der Waals surface area contributed by atoms with Crippen LogP contribution in [0.3, 0.4) is 0 Å². The molecule has 3 unspecified atom stereocenters. The summed E-state index contributed by atoms with van der Waals surface area (Å²) in [6, 6.07) is 24.8. The van der Waals surface area contributed by atoms with E-state index in [1.54, 1.807) is 6.20 Å². The van der Waals surface area contributed by atoms with Gasteiger partial charge in [0.1, 0.15) is 18.4 Å². The molecule has 48 heavy (non-hydrogen) atoms. The first-order chi connectivity index (χ1) is 23.2. The van der Waals surface area contributed by atoms with Crippen molar-refractivity contribution in [2.45, 2.75) is 76.7 Å². The highest BCUT2D eigenvalue weighted by Gasteiger charge is 2.38. The normalized spacial score (nSPS) is 14.4. The van der Waals surface area contributed by atoms with Crippen molar-refractivity contribution < 1.29 is 28.6 Å². The third-order valence-electron chi connectivity index (χ3n) is 8.52. The van der Waals surface area contributed by atoms with Crippen LogP contribution >= 0.6 is 7.37 Å². The lowest BCUT2D eigenvalue weighted by atomic mass is 9.99. The molecule has 11 heteroatoms. The van der Waals surface area contributed by atoms with Gasteiger partial charge in [0.25, 0.3) is 0 Å². The third kappa shape index (κ3) is 11.1. The number of para-hydroxylation sites is 1. The van der Waals surface area contributed by atoms with E-state index in [0.29, 0.717) is 12.8 Å². The molecule has 0 saturated carbocycles. The van der Waals surface area contributed by atoms with Crippen LogP contribution in [0, 0.1) is 5.92 Å². The summed E-state index contributed by atoms with van der Waals surface area (Å²) in [5.41, 5.74) is 8.99. The maximum absolute atomic E-state index is 14.2. The Bertz CT molecular complexity index is 1660. The molecule has 0 aliphatic rings. The van der Waals surface area contributed by atoms with E-state index < -0.39 is 43.0 Å². The number of alkyl carbamates (subject to hydrolysis) is 1. The second kappa shape index (κ2) is 18.2. The largest absolute Gasteiger partial charge is 0.445 e. The highest BCUT2D eigenvalue weighted by atomic mass is 31.2. The molecule has 1 heterocycles. The number of nitrogens with one attached hydrogen (secondary N) is 3. The Balaban J connectivity index is 1.52. The summed E-state index contributed by atoms with van der Waals surface area (Å²) >= 11 is 0. The molecule has 0 saturated heterocycles. The first-order valence-corrected chi connectivity index (χ1v) is 18.5. The number of benzene rings is 3. The molecule has 256 valence electrons. The first kappa shape index (κ1) is 36.4. The maximum atomic E-state index is 14.2. The Kier molecular flexibility index (Phi) is 13.8. The number of H-pyrrole nitrogens is 1. The lowest BCUT2D eigenvalue weighted by Gasteiger charge is -2.28. The van der Waals surface area contributed by atoms with Gasteiger partial charge >= 0.3 is 6.09 Å².